The largest absolute Gasteiger partial charge is 0.496 e. The zero-order valence-electron chi connectivity index (χ0n) is 12.6. The number of carbonyl (C=O) groups excluding carboxylic acids is 1. The monoisotopic (exact) mass is 318 g/mol. The summed E-state index contributed by atoms with van der Waals surface area (Å²) in [4.78, 5) is 18.4. The van der Waals surface area contributed by atoms with E-state index in [0.717, 1.165) is 18.5 Å². The minimum atomic E-state index is -0.264. The summed E-state index contributed by atoms with van der Waals surface area (Å²) in [5, 5.41) is 3.52. The Morgan fingerprint density at radius 3 is 2.50 bits per heavy atom. The predicted molar refractivity (Wildman–Crippen MR) is 86.3 cm³/mol. The van der Waals surface area contributed by atoms with Crippen LogP contribution in [0.1, 0.15) is 33.8 Å². The van der Waals surface area contributed by atoms with Gasteiger partial charge in [0.2, 0.25) is 0 Å². The van der Waals surface area contributed by atoms with Crippen molar-refractivity contribution in [3.63, 3.8) is 0 Å². The molecule has 0 saturated carbocycles. The number of aryl methyl sites for hydroxylation is 2. The number of hydrogen-bond acceptors (Lipinski definition) is 5. The molecule has 1 aliphatic carbocycles. The number of thiazole rings is 1. The van der Waals surface area contributed by atoms with Gasteiger partial charge in [-0.05, 0) is 37.8 Å². The molecule has 0 atom stereocenters. The van der Waals surface area contributed by atoms with Crippen LogP contribution in [0, 0.1) is 0 Å². The fraction of sp³-hybridized carbons (Fsp3) is 0.375. The molecule has 1 amide bonds. The zero-order chi connectivity index (χ0) is 15.5. The van der Waals surface area contributed by atoms with Gasteiger partial charge in [-0.3, -0.25) is 10.1 Å². The molecule has 1 aliphatic rings. The first-order valence-electron chi connectivity index (χ1n) is 7.24. The number of aromatic nitrogens is 1. The van der Waals surface area contributed by atoms with Crippen LogP contribution in [0.15, 0.2) is 18.2 Å². The highest BCUT2D eigenvalue weighted by molar-refractivity contribution is 7.15. The summed E-state index contributed by atoms with van der Waals surface area (Å²) >= 11 is 1.56. The molecule has 1 aromatic heterocycles. The smallest absolute Gasteiger partial charge is 0.265 e. The second-order valence-electron chi connectivity index (χ2n) is 5.09. The Kier molecular flexibility index (Phi) is 4.29. The standard InChI is InChI=1S/C16H18N2O3S/c1-20-11-7-5-8-12(21-2)14(11)15(19)18-16-17-10-6-3-4-9-13(10)22-16/h5,7-8H,3-4,6,9H2,1-2H3,(H,17,18,19). The molecule has 22 heavy (non-hydrogen) atoms. The lowest BCUT2D eigenvalue weighted by Crippen LogP contribution is -2.14. The van der Waals surface area contributed by atoms with Gasteiger partial charge in [-0.15, -0.1) is 11.3 Å². The molecule has 1 N–H and O–H groups in total. The van der Waals surface area contributed by atoms with Crippen LogP contribution < -0.4 is 14.8 Å². The van der Waals surface area contributed by atoms with Crippen molar-refractivity contribution in [1.29, 1.82) is 0 Å². The highest BCUT2D eigenvalue weighted by Crippen LogP contribution is 2.32. The van der Waals surface area contributed by atoms with E-state index in [-0.39, 0.29) is 5.91 Å². The second-order valence-corrected chi connectivity index (χ2v) is 6.17. The van der Waals surface area contributed by atoms with Crippen LogP contribution in [-0.2, 0) is 12.8 Å². The first-order valence-corrected chi connectivity index (χ1v) is 8.05. The number of ether oxygens (including phenoxy) is 2. The number of nitrogens with one attached hydrogen (secondary N) is 1. The van der Waals surface area contributed by atoms with Crippen molar-refractivity contribution in [1.82, 2.24) is 4.98 Å². The lowest BCUT2D eigenvalue weighted by Gasteiger charge is -2.11. The number of rotatable bonds is 4. The van der Waals surface area contributed by atoms with Gasteiger partial charge in [0.05, 0.1) is 19.9 Å². The molecule has 0 radical (unpaired) electrons. The minimum absolute atomic E-state index is 0.264. The number of methoxy groups -OCH3 is 2. The van der Waals surface area contributed by atoms with Crippen LogP contribution in [0.3, 0.4) is 0 Å². The van der Waals surface area contributed by atoms with Gasteiger partial charge >= 0.3 is 0 Å². The van der Waals surface area contributed by atoms with E-state index < -0.39 is 0 Å². The topological polar surface area (TPSA) is 60.5 Å². The number of amides is 1. The first kappa shape index (κ1) is 14.8. The maximum absolute atomic E-state index is 12.6. The fourth-order valence-electron chi connectivity index (χ4n) is 2.64. The summed E-state index contributed by atoms with van der Waals surface area (Å²) in [5.41, 5.74) is 1.51. The zero-order valence-corrected chi connectivity index (χ0v) is 13.5. The quantitative estimate of drug-likeness (QED) is 0.939. The summed E-state index contributed by atoms with van der Waals surface area (Å²) in [6, 6.07) is 5.27. The minimum Gasteiger partial charge on any atom is -0.496 e. The Hall–Kier alpha value is -2.08. The molecule has 0 spiro atoms. The highest BCUT2D eigenvalue weighted by atomic mass is 32.1. The first-order chi connectivity index (χ1) is 10.7. The Labute approximate surface area is 133 Å². The van der Waals surface area contributed by atoms with Crippen LogP contribution in [0.25, 0.3) is 0 Å². The average molecular weight is 318 g/mol. The molecule has 0 bridgehead atoms. The van der Waals surface area contributed by atoms with Crippen molar-refractivity contribution in [2.24, 2.45) is 0 Å². The Bertz CT molecular complexity index is 651. The second kappa shape index (κ2) is 6.36. The normalized spacial score (nSPS) is 13.4. The SMILES string of the molecule is COc1cccc(OC)c1C(=O)Nc1nc2c(s1)CCCC2. The molecule has 0 aliphatic heterocycles. The highest BCUT2D eigenvalue weighted by Gasteiger charge is 2.21. The number of anilines is 1. The summed E-state index contributed by atoms with van der Waals surface area (Å²) in [6.07, 6.45) is 4.42. The van der Waals surface area contributed by atoms with E-state index in [9.17, 15) is 4.79 Å². The summed E-state index contributed by atoms with van der Waals surface area (Å²) in [5.74, 6) is 0.705. The van der Waals surface area contributed by atoms with Crippen LogP contribution in [0.5, 0.6) is 11.5 Å². The fourth-order valence-corrected chi connectivity index (χ4v) is 3.68. The van der Waals surface area contributed by atoms with E-state index in [2.05, 4.69) is 10.3 Å². The Balaban J connectivity index is 1.87. The van der Waals surface area contributed by atoms with Crippen molar-refractivity contribution < 1.29 is 14.3 Å². The Morgan fingerprint density at radius 1 is 1.18 bits per heavy atom. The van der Waals surface area contributed by atoms with E-state index in [1.165, 1.54) is 31.9 Å². The molecule has 2 aromatic rings. The maximum Gasteiger partial charge on any atom is 0.265 e. The third kappa shape index (κ3) is 2.78. The molecule has 0 saturated heterocycles. The maximum atomic E-state index is 12.6. The van der Waals surface area contributed by atoms with E-state index >= 15 is 0 Å². The van der Waals surface area contributed by atoms with Gasteiger partial charge in [-0.2, -0.15) is 0 Å². The van der Waals surface area contributed by atoms with Gasteiger partial charge in [0.1, 0.15) is 17.1 Å². The van der Waals surface area contributed by atoms with Crippen molar-refractivity contribution in [3.05, 3.63) is 34.3 Å². The van der Waals surface area contributed by atoms with Crippen LogP contribution in [0.2, 0.25) is 0 Å². The molecular weight excluding hydrogens is 300 g/mol. The van der Waals surface area contributed by atoms with E-state index in [1.54, 1.807) is 29.5 Å². The molecule has 3 rings (SSSR count). The van der Waals surface area contributed by atoms with Gasteiger partial charge < -0.3 is 9.47 Å². The third-order valence-electron chi connectivity index (χ3n) is 3.72. The van der Waals surface area contributed by atoms with Gasteiger partial charge in [-0.1, -0.05) is 6.07 Å². The molecule has 0 fully saturated rings. The van der Waals surface area contributed by atoms with Crippen LogP contribution in [0.4, 0.5) is 5.13 Å². The Morgan fingerprint density at radius 2 is 1.86 bits per heavy atom. The van der Waals surface area contributed by atoms with Crippen LogP contribution in [-0.4, -0.2) is 25.1 Å². The third-order valence-corrected chi connectivity index (χ3v) is 4.79. The number of fused-ring (bicyclic) bond motifs is 1. The number of benzene rings is 1. The molecule has 116 valence electrons. The predicted octanol–water partition coefficient (Wildman–Crippen LogP) is 3.29. The molecule has 1 aromatic carbocycles. The summed E-state index contributed by atoms with van der Waals surface area (Å²) in [7, 11) is 3.07. The molecule has 1 heterocycles. The summed E-state index contributed by atoms with van der Waals surface area (Å²) in [6.45, 7) is 0. The van der Waals surface area contributed by atoms with Crippen molar-refractivity contribution in [3.8, 4) is 11.5 Å². The number of nitrogens with zero attached hydrogens (tertiary/aromatic N) is 1. The molecule has 0 unspecified atom stereocenters. The lowest BCUT2D eigenvalue weighted by molar-refractivity contribution is 0.102. The van der Waals surface area contributed by atoms with Gasteiger partial charge in [-0.25, -0.2) is 4.98 Å². The van der Waals surface area contributed by atoms with Crippen LogP contribution >= 0.6 is 11.3 Å². The van der Waals surface area contributed by atoms with Crippen molar-refractivity contribution in [2.45, 2.75) is 25.7 Å². The lowest BCUT2D eigenvalue weighted by atomic mass is 10.0. The van der Waals surface area contributed by atoms with Gasteiger partial charge in [0.25, 0.3) is 5.91 Å². The number of hydrogen-bond donors (Lipinski definition) is 1. The molecule has 5 nitrogen and oxygen atoms in total. The van der Waals surface area contributed by atoms with Crippen molar-refractivity contribution in [2.75, 3.05) is 19.5 Å². The summed E-state index contributed by atoms with van der Waals surface area (Å²) < 4.78 is 10.5. The number of carbonyl (C=O) groups is 1. The van der Waals surface area contributed by atoms with E-state index in [0.29, 0.717) is 22.2 Å². The molecular formula is C16H18N2O3S. The van der Waals surface area contributed by atoms with E-state index in [1.807, 2.05) is 0 Å². The average Bonchev–Trinajstić information content (AvgIpc) is 2.95. The van der Waals surface area contributed by atoms with Crippen molar-refractivity contribution >= 4 is 22.4 Å². The van der Waals surface area contributed by atoms with E-state index in [4.69, 9.17) is 9.47 Å². The van der Waals surface area contributed by atoms with Gasteiger partial charge in [0, 0.05) is 4.88 Å². The molecule has 6 heteroatoms. The van der Waals surface area contributed by atoms with Gasteiger partial charge in [0.15, 0.2) is 5.13 Å².